The Labute approximate surface area is 124 Å². The molecule has 0 saturated carbocycles. The van der Waals surface area contributed by atoms with E-state index in [1.807, 2.05) is 18.2 Å². The molecule has 0 amide bonds. The van der Waals surface area contributed by atoms with E-state index < -0.39 is 0 Å². The quantitative estimate of drug-likeness (QED) is 0.937. The van der Waals surface area contributed by atoms with Crippen molar-refractivity contribution >= 4 is 5.95 Å². The molecule has 1 N–H and O–H groups in total. The fourth-order valence-corrected chi connectivity index (χ4v) is 2.60. The highest BCUT2D eigenvalue weighted by Crippen LogP contribution is 2.15. The average molecular weight is 286 g/mol. The minimum atomic E-state index is -0.185. The van der Waals surface area contributed by atoms with Crippen molar-refractivity contribution in [2.75, 3.05) is 18.0 Å². The van der Waals surface area contributed by atoms with Gasteiger partial charge in [-0.2, -0.15) is 0 Å². The fraction of sp³-hybridized carbons (Fsp3) is 0.375. The van der Waals surface area contributed by atoms with Crippen molar-refractivity contribution in [1.82, 2.24) is 15.3 Å². The Morgan fingerprint density at radius 2 is 1.76 bits per heavy atom. The third kappa shape index (κ3) is 3.76. The zero-order chi connectivity index (χ0) is 14.5. The maximum Gasteiger partial charge on any atom is 0.225 e. The molecule has 21 heavy (non-hydrogen) atoms. The lowest BCUT2D eigenvalue weighted by Gasteiger charge is -2.32. The van der Waals surface area contributed by atoms with Crippen LogP contribution >= 0.6 is 0 Å². The second-order valence-electron chi connectivity index (χ2n) is 5.32. The largest absolute Gasteiger partial charge is 0.341 e. The summed E-state index contributed by atoms with van der Waals surface area (Å²) in [4.78, 5) is 10.8. The Morgan fingerprint density at radius 3 is 2.43 bits per heavy atom. The molecule has 0 radical (unpaired) electrons. The maximum atomic E-state index is 12.8. The lowest BCUT2D eigenvalue weighted by molar-refractivity contribution is 0.411. The number of benzene rings is 1. The first-order valence-corrected chi connectivity index (χ1v) is 7.31. The first-order valence-electron chi connectivity index (χ1n) is 7.31. The number of halogens is 1. The molecule has 0 bridgehead atoms. The lowest BCUT2D eigenvalue weighted by atomic mass is 10.0. The van der Waals surface area contributed by atoms with Crippen molar-refractivity contribution < 1.29 is 4.39 Å². The number of hydrogen-bond donors (Lipinski definition) is 1. The first-order chi connectivity index (χ1) is 10.3. The van der Waals surface area contributed by atoms with Crippen LogP contribution in [0.2, 0.25) is 0 Å². The van der Waals surface area contributed by atoms with Gasteiger partial charge in [0.1, 0.15) is 5.82 Å². The van der Waals surface area contributed by atoms with Crippen molar-refractivity contribution in [1.29, 1.82) is 0 Å². The maximum absolute atomic E-state index is 12.8. The SMILES string of the molecule is Fc1ccc(CNC2CCN(c3ncccn3)CC2)cc1. The smallest absolute Gasteiger partial charge is 0.225 e. The number of nitrogens with one attached hydrogen (secondary N) is 1. The summed E-state index contributed by atoms with van der Waals surface area (Å²) in [5, 5.41) is 3.54. The predicted molar refractivity (Wildman–Crippen MR) is 80.5 cm³/mol. The van der Waals surface area contributed by atoms with Crippen LogP contribution in [0, 0.1) is 5.82 Å². The molecule has 4 nitrogen and oxygen atoms in total. The Kier molecular flexibility index (Phi) is 4.40. The molecule has 1 aliphatic heterocycles. The van der Waals surface area contributed by atoms with Crippen molar-refractivity contribution in [3.63, 3.8) is 0 Å². The summed E-state index contributed by atoms with van der Waals surface area (Å²) in [6, 6.07) is 9.00. The molecular formula is C16H19FN4. The van der Waals surface area contributed by atoms with Gasteiger partial charge in [0.25, 0.3) is 0 Å². The van der Waals surface area contributed by atoms with E-state index in [1.54, 1.807) is 12.4 Å². The highest BCUT2D eigenvalue weighted by molar-refractivity contribution is 5.29. The van der Waals surface area contributed by atoms with Gasteiger partial charge in [-0.3, -0.25) is 0 Å². The molecular weight excluding hydrogens is 267 g/mol. The summed E-state index contributed by atoms with van der Waals surface area (Å²) >= 11 is 0. The van der Waals surface area contributed by atoms with E-state index in [0.717, 1.165) is 44.0 Å². The van der Waals surface area contributed by atoms with Crippen molar-refractivity contribution in [2.45, 2.75) is 25.4 Å². The number of nitrogens with zero attached hydrogens (tertiary/aromatic N) is 3. The number of aromatic nitrogens is 2. The standard InChI is InChI=1S/C16H19FN4/c17-14-4-2-13(3-5-14)12-20-15-6-10-21(11-7-15)16-18-8-1-9-19-16/h1-5,8-9,15,20H,6-7,10-12H2. The summed E-state index contributed by atoms with van der Waals surface area (Å²) in [7, 11) is 0. The van der Waals surface area contributed by atoms with Crippen LogP contribution in [0.3, 0.4) is 0 Å². The fourth-order valence-electron chi connectivity index (χ4n) is 2.60. The van der Waals surface area contributed by atoms with Crippen molar-refractivity contribution in [3.05, 3.63) is 54.1 Å². The molecule has 0 atom stereocenters. The molecule has 5 heteroatoms. The van der Waals surface area contributed by atoms with Gasteiger partial charge < -0.3 is 10.2 Å². The van der Waals surface area contributed by atoms with E-state index in [9.17, 15) is 4.39 Å². The monoisotopic (exact) mass is 286 g/mol. The number of rotatable bonds is 4. The van der Waals surface area contributed by atoms with Crippen LogP contribution in [0.5, 0.6) is 0 Å². The highest BCUT2D eigenvalue weighted by atomic mass is 19.1. The summed E-state index contributed by atoms with van der Waals surface area (Å²) < 4.78 is 12.8. The van der Waals surface area contributed by atoms with Gasteiger partial charge in [0.05, 0.1) is 0 Å². The average Bonchev–Trinajstić information content (AvgIpc) is 2.56. The Morgan fingerprint density at radius 1 is 1.10 bits per heavy atom. The van der Waals surface area contributed by atoms with Crippen LogP contribution in [-0.2, 0) is 6.54 Å². The van der Waals surface area contributed by atoms with Gasteiger partial charge in [0.15, 0.2) is 0 Å². The molecule has 0 spiro atoms. The lowest BCUT2D eigenvalue weighted by Crippen LogP contribution is -2.42. The highest BCUT2D eigenvalue weighted by Gasteiger charge is 2.20. The molecule has 1 saturated heterocycles. The van der Waals surface area contributed by atoms with E-state index in [2.05, 4.69) is 20.2 Å². The molecule has 0 unspecified atom stereocenters. The van der Waals surface area contributed by atoms with Crippen LogP contribution in [0.15, 0.2) is 42.7 Å². The molecule has 1 fully saturated rings. The van der Waals surface area contributed by atoms with Crippen molar-refractivity contribution in [2.24, 2.45) is 0 Å². The van der Waals surface area contributed by atoms with Gasteiger partial charge in [-0.15, -0.1) is 0 Å². The normalized spacial score (nSPS) is 16.1. The van der Waals surface area contributed by atoms with Gasteiger partial charge in [-0.25, -0.2) is 14.4 Å². The Bertz CT molecular complexity index is 550. The molecule has 2 aromatic rings. The third-order valence-electron chi connectivity index (χ3n) is 3.84. The Hall–Kier alpha value is -2.01. The molecule has 0 aliphatic carbocycles. The van der Waals surface area contributed by atoms with Crippen LogP contribution in [0.25, 0.3) is 0 Å². The summed E-state index contributed by atoms with van der Waals surface area (Å²) in [6.45, 7) is 2.71. The minimum Gasteiger partial charge on any atom is -0.341 e. The molecule has 110 valence electrons. The van der Waals surface area contributed by atoms with Gasteiger partial charge in [-0.1, -0.05) is 12.1 Å². The van der Waals surface area contributed by atoms with E-state index in [1.165, 1.54) is 12.1 Å². The molecule has 1 aromatic carbocycles. The Balaban J connectivity index is 1.47. The molecule has 2 heterocycles. The third-order valence-corrected chi connectivity index (χ3v) is 3.84. The van der Waals surface area contributed by atoms with E-state index >= 15 is 0 Å². The second kappa shape index (κ2) is 6.63. The van der Waals surface area contributed by atoms with Crippen LogP contribution in [0.4, 0.5) is 10.3 Å². The molecule has 3 rings (SSSR count). The minimum absolute atomic E-state index is 0.185. The zero-order valence-corrected chi connectivity index (χ0v) is 11.9. The van der Waals surface area contributed by atoms with E-state index in [4.69, 9.17) is 0 Å². The van der Waals surface area contributed by atoms with Crippen molar-refractivity contribution in [3.8, 4) is 0 Å². The van der Waals surface area contributed by atoms with Gasteiger partial charge in [-0.05, 0) is 36.6 Å². The van der Waals surface area contributed by atoms with E-state index in [0.29, 0.717) is 6.04 Å². The van der Waals surface area contributed by atoms with Crippen LogP contribution in [-0.4, -0.2) is 29.1 Å². The zero-order valence-electron chi connectivity index (χ0n) is 11.9. The predicted octanol–water partition coefficient (Wildman–Crippen LogP) is 2.37. The van der Waals surface area contributed by atoms with E-state index in [-0.39, 0.29) is 5.82 Å². The summed E-state index contributed by atoms with van der Waals surface area (Å²) in [5.74, 6) is 0.629. The van der Waals surface area contributed by atoms with Gasteiger partial charge >= 0.3 is 0 Å². The number of anilines is 1. The summed E-state index contributed by atoms with van der Waals surface area (Å²) in [5.41, 5.74) is 1.12. The van der Waals surface area contributed by atoms with Gasteiger partial charge in [0.2, 0.25) is 5.95 Å². The number of piperidine rings is 1. The van der Waals surface area contributed by atoms with Gasteiger partial charge in [0, 0.05) is 38.1 Å². The van der Waals surface area contributed by atoms with Crippen LogP contribution in [0.1, 0.15) is 18.4 Å². The topological polar surface area (TPSA) is 41.0 Å². The first kappa shape index (κ1) is 13.9. The van der Waals surface area contributed by atoms with Crippen LogP contribution < -0.4 is 10.2 Å². The molecule has 1 aliphatic rings. The summed E-state index contributed by atoms with van der Waals surface area (Å²) in [6.07, 6.45) is 5.70. The second-order valence-corrected chi connectivity index (χ2v) is 5.32. The number of hydrogen-bond acceptors (Lipinski definition) is 4. The molecule has 1 aromatic heterocycles.